The third-order valence-electron chi connectivity index (χ3n) is 4.67. The van der Waals surface area contributed by atoms with Crippen molar-refractivity contribution in [3.63, 3.8) is 0 Å². The lowest BCUT2D eigenvalue weighted by Gasteiger charge is -2.10. The summed E-state index contributed by atoms with van der Waals surface area (Å²) in [6.07, 6.45) is 3.28. The van der Waals surface area contributed by atoms with Gasteiger partial charge in [-0.2, -0.15) is 0 Å². The molecule has 0 saturated heterocycles. The molecule has 158 valence electrons. The van der Waals surface area contributed by atoms with Crippen LogP contribution in [-0.2, 0) is 0 Å². The van der Waals surface area contributed by atoms with E-state index in [1.807, 2.05) is 24.3 Å². The zero-order valence-electron chi connectivity index (χ0n) is 17.1. The van der Waals surface area contributed by atoms with E-state index in [0.717, 1.165) is 16.7 Å². The van der Waals surface area contributed by atoms with Crippen LogP contribution in [0.4, 0.5) is 5.82 Å². The van der Waals surface area contributed by atoms with Crippen LogP contribution in [0.1, 0.15) is 18.8 Å². The van der Waals surface area contributed by atoms with Gasteiger partial charge in [0.25, 0.3) is 11.8 Å². The van der Waals surface area contributed by atoms with Crippen LogP contribution in [-0.4, -0.2) is 45.1 Å². The fourth-order valence-electron chi connectivity index (χ4n) is 3.03. The summed E-state index contributed by atoms with van der Waals surface area (Å²) in [6.45, 7) is 3.81. The summed E-state index contributed by atoms with van der Waals surface area (Å²) in [7, 11) is 3.42. The first-order valence-electron chi connectivity index (χ1n) is 9.48. The van der Waals surface area contributed by atoms with Crippen molar-refractivity contribution in [3.8, 4) is 34.3 Å². The highest BCUT2D eigenvalue weighted by atomic mass is 16.4. The predicted molar refractivity (Wildman–Crippen MR) is 123 cm³/mol. The Morgan fingerprint density at radius 1 is 1.10 bits per heavy atom. The number of amides is 1. The van der Waals surface area contributed by atoms with Crippen LogP contribution in [0.15, 0.2) is 65.7 Å². The van der Waals surface area contributed by atoms with E-state index in [9.17, 15) is 4.79 Å². The number of aromatic nitrogens is 4. The second-order valence-corrected chi connectivity index (χ2v) is 6.97. The molecule has 2 N–H and O–H groups in total. The molecule has 0 bridgehead atoms. The molecule has 1 amide bonds. The zero-order valence-corrected chi connectivity index (χ0v) is 17.1. The number of nitrogens with two attached hydrogens (primary N) is 1. The third kappa shape index (κ3) is 3.91. The van der Waals surface area contributed by atoms with Crippen molar-refractivity contribution < 1.29 is 12.1 Å². The Morgan fingerprint density at radius 3 is 2.52 bits per heavy atom. The molecule has 0 spiro atoms. The topological polar surface area (TPSA) is 111 Å². The summed E-state index contributed by atoms with van der Waals surface area (Å²) < 4.78 is 5.84. The van der Waals surface area contributed by atoms with Crippen molar-refractivity contribution in [1.82, 2.24) is 25.1 Å². The van der Waals surface area contributed by atoms with Crippen molar-refractivity contribution in [2.45, 2.75) is 0 Å². The van der Waals surface area contributed by atoms with E-state index in [0.29, 0.717) is 22.8 Å². The lowest BCUT2D eigenvalue weighted by atomic mass is 10.1. The number of hydrogen-bond acceptors (Lipinski definition) is 7. The number of rotatable bonds is 5. The third-order valence-corrected chi connectivity index (χ3v) is 4.67. The van der Waals surface area contributed by atoms with Crippen molar-refractivity contribution in [1.29, 1.82) is 0 Å². The maximum absolute atomic E-state index is 12.1. The van der Waals surface area contributed by atoms with Crippen LogP contribution in [0.25, 0.3) is 40.4 Å². The number of hydrogen-bond donors (Lipinski definition) is 1. The molecule has 0 saturated carbocycles. The Kier molecular flexibility index (Phi) is 5.28. The molecule has 8 heteroatoms. The van der Waals surface area contributed by atoms with E-state index < -0.39 is 0 Å². The van der Waals surface area contributed by atoms with Crippen LogP contribution in [0.2, 0.25) is 0 Å². The van der Waals surface area contributed by atoms with Gasteiger partial charge < -0.3 is 15.1 Å². The van der Waals surface area contributed by atoms with E-state index in [2.05, 4.69) is 26.7 Å². The van der Waals surface area contributed by atoms with Gasteiger partial charge in [-0.25, -0.2) is 9.97 Å². The average Bonchev–Trinajstić information content (AvgIpc) is 3.29. The van der Waals surface area contributed by atoms with Crippen LogP contribution < -0.4 is 5.73 Å². The second-order valence-electron chi connectivity index (χ2n) is 6.97. The van der Waals surface area contributed by atoms with Gasteiger partial charge in [0, 0.05) is 33.6 Å². The minimum absolute atomic E-state index is 0. The van der Waals surface area contributed by atoms with E-state index in [4.69, 9.17) is 10.2 Å². The largest absolute Gasteiger partial charge is 0.414 e. The summed E-state index contributed by atoms with van der Waals surface area (Å²) >= 11 is 0. The summed E-state index contributed by atoms with van der Waals surface area (Å²) in [4.78, 5) is 22.4. The van der Waals surface area contributed by atoms with E-state index in [1.165, 1.54) is 4.90 Å². The van der Waals surface area contributed by atoms with E-state index in [1.54, 1.807) is 50.6 Å². The van der Waals surface area contributed by atoms with Gasteiger partial charge in [0.2, 0.25) is 5.89 Å². The van der Waals surface area contributed by atoms with Crippen molar-refractivity contribution in [2.24, 2.45) is 0 Å². The number of nitrogen functional groups attached to an aromatic ring is 1. The molecular formula is C23H24N6O2. The quantitative estimate of drug-likeness (QED) is 0.517. The lowest BCUT2D eigenvalue weighted by Crippen LogP contribution is -2.21. The van der Waals surface area contributed by atoms with Crippen molar-refractivity contribution >= 4 is 17.8 Å². The van der Waals surface area contributed by atoms with Gasteiger partial charge in [-0.05, 0) is 23.8 Å². The minimum Gasteiger partial charge on any atom is -0.414 e. The Hall–Kier alpha value is -4.33. The molecule has 0 radical (unpaired) electrons. The first-order valence-corrected chi connectivity index (χ1v) is 9.48. The van der Waals surface area contributed by atoms with Crippen molar-refractivity contribution in [2.75, 3.05) is 19.8 Å². The Balaban J connectivity index is 0.00000193. The Bertz CT molecular complexity index is 1270. The van der Waals surface area contributed by atoms with Gasteiger partial charge in [0.1, 0.15) is 0 Å². The van der Waals surface area contributed by atoms with Crippen LogP contribution in [0.5, 0.6) is 0 Å². The van der Waals surface area contributed by atoms with Gasteiger partial charge >= 0.3 is 0 Å². The highest BCUT2D eigenvalue weighted by Gasteiger charge is 2.18. The molecule has 4 aromatic rings. The van der Waals surface area contributed by atoms with Crippen LogP contribution in [0, 0.1) is 0 Å². The molecule has 0 atom stereocenters. The smallest absolute Gasteiger partial charge is 0.270 e. The molecule has 2 aromatic carbocycles. The highest BCUT2D eigenvalue weighted by Crippen LogP contribution is 2.29. The molecule has 31 heavy (non-hydrogen) atoms. The summed E-state index contributed by atoms with van der Waals surface area (Å²) in [6, 6.07) is 14.7. The number of benzene rings is 2. The number of carbonyl (C=O) groups excluding carboxylic acids is 1. The number of carbonyl (C=O) groups is 1. The van der Waals surface area contributed by atoms with Crippen LogP contribution in [0.3, 0.4) is 0 Å². The summed E-state index contributed by atoms with van der Waals surface area (Å²) in [5, 5.41) is 8.24. The molecule has 0 aliphatic heterocycles. The molecular weight excluding hydrogens is 392 g/mol. The fraction of sp³-hybridized carbons (Fsp3) is 0.0870. The van der Waals surface area contributed by atoms with Crippen molar-refractivity contribution in [3.05, 3.63) is 72.4 Å². The lowest BCUT2D eigenvalue weighted by molar-refractivity contribution is 0.0827. The molecule has 0 aliphatic rings. The zero-order chi connectivity index (χ0) is 22.0. The summed E-state index contributed by atoms with van der Waals surface area (Å²) in [5.74, 6) is 0.605. The van der Waals surface area contributed by atoms with Gasteiger partial charge in [-0.1, -0.05) is 43.0 Å². The average molecular weight is 416 g/mol. The molecule has 4 rings (SSSR count). The molecule has 2 aromatic heterocycles. The van der Waals surface area contributed by atoms with E-state index >= 15 is 0 Å². The first kappa shape index (κ1) is 20.0. The molecule has 8 nitrogen and oxygen atoms in total. The standard InChI is InChI=1S/C23H20N6O2.2H2/c1-4-14-7-5-6-8-17(14)21-27-28-22(31-21)19-20(24)25-13-18(26-19)15-9-11-16(12-10-15)23(30)29(2)3;;/h4-13H,1H2,2-3H3,(H2,24,25);2*1H. The number of anilines is 1. The molecule has 0 fully saturated rings. The normalized spacial score (nSPS) is 10.6. The van der Waals surface area contributed by atoms with Crippen LogP contribution >= 0.6 is 0 Å². The molecule has 0 aliphatic carbocycles. The van der Waals surface area contributed by atoms with Gasteiger partial charge in [-0.3, -0.25) is 4.79 Å². The molecule has 2 heterocycles. The van der Waals surface area contributed by atoms with Gasteiger partial charge in [0.05, 0.1) is 11.9 Å². The summed E-state index contributed by atoms with van der Waals surface area (Å²) in [5.41, 5.74) is 9.89. The maximum atomic E-state index is 12.1. The minimum atomic E-state index is -0.0752. The molecule has 0 unspecified atom stereocenters. The van der Waals surface area contributed by atoms with Gasteiger partial charge in [0.15, 0.2) is 11.5 Å². The maximum Gasteiger partial charge on any atom is 0.270 e. The first-order chi connectivity index (χ1) is 15.0. The Morgan fingerprint density at radius 2 is 1.81 bits per heavy atom. The fourth-order valence-corrected chi connectivity index (χ4v) is 3.03. The van der Waals surface area contributed by atoms with Gasteiger partial charge in [-0.15, -0.1) is 10.2 Å². The van der Waals surface area contributed by atoms with E-state index in [-0.39, 0.29) is 20.5 Å². The predicted octanol–water partition coefficient (Wildman–Crippen LogP) is 4.28. The monoisotopic (exact) mass is 416 g/mol. The Labute approximate surface area is 182 Å². The second kappa shape index (κ2) is 8.19. The number of nitrogens with zero attached hydrogens (tertiary/aromatic N) is 5. The SMILES string of the molecule is C=Cc1ccccc1-c1nnc(-c2nc(-c3ccc(C(=O)N(C)C)cc3)cnc2N)o1.[HH].[HH]. The highest BCUT2D eigenvalue weighted by molar-refractivity contribution is 5.94.